The Balaban J connectivity index is 1.77. The number of aryl methyl sites for hydroxylation is 2. The maximum Gasteiger partial charge on any atom is 0.243 e. The topological polar surface area (TPSA) is 66.5 Å². The zero-order valence-electron chi connectivity index (χ0n) is 16.3. The first-order valence-electron chi connectivity index (χ1n) is 9.35. The van der Waals surface area contributed by atoms with Crippen molar-refractivity contribution in [3.05, 3.63) is 64.2 Å². The van der Waals surface area contributed by atoms with Gasteiger partial charge in [-0.05, 0) is 74.6 Å². The van der Waals surface area contributed by atoms with Gasteiger partial charge in [-0.1, -0.05) is 29.8 Å². The Morgan fingerprint density at radius 3 is 2.46 bits per heavy atom. The second kappa shape index (κ2) is 8.23. The van der Waals surface area contributed by atoms with Crippen molar-refractivity contribution in [2.24, 2.45) is 0 Å². The SMILES string of the molecule is Cc1ccc(C(C)NC(=O)C2CCCN2S(=O)(=O)c2ccc(Cl)cc2)cc1C. The number of hydrogen-bond acceptors (Lipinski definition) is 3. The third-order valence-corrected chi connectivity index (χ3v) is 7.49. The van der Waals surface area contributed by atoms with Crippen LogP contribution in [0.3, 0.4) is 0 Å². The molecule has 1 saturated heterocycles. The van der Waals surface area contributed by atoms with E-state index in [0.29, 0.717) is 24.4 Å². The molecule has 28 heavy (non-hydrogen) atoms. The predicted octanol–water partition coefficient (Wildman–Crippen LogP) is 3.99. The van der Waals surface area contributed by atoms with Gasteiger partial charge in [0.15, 0.2) is 0 Å². The molecule has 1 aliphatic rings. The molecule has 2 aromatic carbocycles. The molecule has 1 aliphatic heterocycles. The fourth-order valence-corrected chi connectivity index (χ4v) is 5.24. The summed E-state index contributed by atoms with van der Waals surface area (Å²) >= 11 is 5.86. The molecule has 2 unspecified atom stereocenters. The minimum atomic E-state index is -3.75. The highest BCUT2D eigenvalue weighted by molar-refractivity contribution is 7.89. The minimum Gasteiger partial charge on any atom is -0.348 e. The summed E-state index contributed by atoms with van der Waals surface area (Å²) in [6.45, 7) is 6.32. The van der Waals surface area contributed by atoms with Crippen LogP contribution in [0, 0.1) is 13.8 Å². The van der Waals surface area contributed by atoms with Crippen LogP contribution in [0.1, 0.15) is 42.5 Å². The number of hydrogen-bond donors (Lipinski definition) is 1. The molecule has 2 aromatic rings. The molecule has 0 aliphatic carbocycles. The largest absolute Gasteiger partial charge is 0.348 e. The van der Waals surface area contributed by atoms with Crippen molar-refractivity contribution in [1.29, 1.82) is 0 Å². The third-order valence-electron chi connectivity index (χ3n) is 5.32. The monoisotopic (exact) mass is 420 g/mol. The van der Waals surface area contributed by atoms with E-state index in [1.54, 1.807) is 12.1 Å². The van der Waals surface area contributed by atoms with Crippen molar-refractivity contribution in [1.82, 2.24) is 9.62 Å². The van der Waals surface area contributed by atoms with E-state index in [0.717, 1.165) is 11.1 Å². The second-order valence-corrected chi connectivity index (χ2v) is 9.63. The van der Waals surface area contributed by atoms with Crippen molar-refractivity contribution in [2.45, 2.75) is 50.6 Å². The summed E-state index contributed by atoms with van der Waals surface area (Å²) in [5.41, 5.74) is 3.35. The van der Waals surface area contributed by atoms with Gasteiger partial charge in [-0.25, -0.2) is 8.42 Å². The van der Waals surface area contributed by atoms with E-state index in [-0.39, 0.29) is 16.8 Å². The molecule has 0 bridgehead atoms. The van der Waals surface area contributed by atoms with Crippen LogP contribution in [-0.4, -0.2) is 31.2 Å². The van der Waals surface area contributed by atoms with Gasteiger partial charge in [-0.3, -0.25) is 4.79 Å². The molecule has 5 nitrogen and oxygen atoms in total. The molecule has 1 amide bonds. The van der Waals surface area contributed by atoms with Gasteiger partial charge in [-0.15, -0.1) is 0 Å². The Labute approximate surface area is 171 Å². The smallest absolute Gasteiger partial charge is 0.243 e. The van der Waals surface area contributed by atoms with Crippen molar-refractivity contribution >= 4 is 27.5 Å². The normalized spacial score (nSPS) is 18.8. The number of carbonyl (C=O) groups excluding carboxylic acids is 1. The lowest BCUT2D eigenvalue weighted by Crippen LogP contribution is -2.46. The van der Waals surface area contributed by atoms with Crippen LogP contribution in [0.5, 0.6) is 0 Å². The molecule has 0 radical (unpaired) electrons. The van der Waals surface area contributed by atoms with Crippen LogP contribution in [0.15, 0.2) is 47.4 Å². The van der Waals surface area contributed by atoms with Gasteiger partial charge in [0.05, 0.1) is 10.9 Å². The lowest BCUT2D eigenvalue weighted by atomic mass is 10.0. The van der Waals surface area contributed by atoms with E-state index in [1.165, 1.54) is 22.0 Å². The molecule has 1 N–H and O–H groups in total. The molecule has 0 spiro atoms. The zero-order chi connectivity index (χ0) is 20.5. The molecule has 0 saturated carbocycles. The number of sulfonamides is 1. The second-order valence-electron chi connectivity index (χ2n) is 7.30. The van der Waals surface area contributed by atoms with Crippen molar-refractivity contribution in [2.75, 3.05) is 6.54 Å². The highest BCUT2D eigenvalue weighted by Crippen LogP contribution is 2.28. The first kappa shape index (κ1) is 20.8. The third kappa shape index (κ3) is 4.24. The summed E-state index contributed by atoms with van der Waals surface area (Å²) in [6, 6.07) is 11.2. The van der Waals surface area contributed by atoms with Gasteiger partial charge in [0.1, 0.15) is 6.04 Å². The van der Waals surface area contributed by atoms with E-state index < -0.39 is 16.1 Å². The van der Waals surface area contributed by atoms with Crippen LogP contribution < -0.4 is 5.32 Å². The van der Waals surface area contributed by atoms with Gasteiger partial charge < -0.3 is 5.32 Å². The number of rotatable bonds is 5. The molecule has 7 heteroatoms. The summed E-state index contributed by atoms with van der Waals surface area (Å²) in [7, 11) is -3.75. The van der Waals surface area contributed by atoms with Crippen LogP contribution in [0.4, 0.5) is 0 Å². The maximum atomic E-state index is 13.0. The predicted molar refractivity (Wildman–Crippen MR) is 111 cm³/mol. The lowest BCUT2D eigenvalue weighted by Gasteiger charge is -2.25. The average molecular weight is 421 g/mol. The molecule has 150 valence electrons. The van der Waals surface area contributed by atoms with Crippen LogP contribution in [0.25, 0.3) is 0 Å². The molecule has 0 aromatic heterocycles. The quantitative estimate of drug-likeness (QED) is 0.795. The van der Waals surface area contributed by atoms with Gasteiger partial charge in [-0.2, -0.15) is 4.31 Å². The number of nitrogens with zero attached hydrogens (tertiary/aromatic N) is 1. The van der Waals surface area contributed by atoms with E-state index in [9.17, 15) is 13.2 Å². The lowest BCUT2D eigenvalue weighted by molar-refractivity contribution is -0.124. The summed E-state index contributed by atoms with van der Waals surface area (Å²) in [4.78, 5) is 13.0. The van der Waals surface area contributed by atoms with Crippen LogP contribution in [0.2, 0.25) is 5.02 Å². The molecule has 1 heterocycles. The average Bonchev–Trinajstić information content (AvgIpc) is 3.15. The molecular weight excluding hydrogens is 396 g/mol. The van der Waals surface area contributed by atoms with Gasteiger partial charge in [0.2, 0.25) is 15.9 Å². The van der Waals surface area contributed by atoms with Crippen molar-refractivity contribution in [3.8, 4) is 0 Å². The Morgan fingerprint density at radius 2 is 1.82 bits per heavy atom. The summed E-state index contributed by atoms with van der Waals surface area (Å²) in [5.74, 6) is -0.263. The highest BCUT2D eigenvalue weighted by Gasteiger charge is 2.39. The Hall–Kier alpha value is -1.89. The van der Waals surface area contributed by atoms with E-state index in [4.69, 9.17) is 11.6 Å². The van der Waals surface area contributed by atoms with E-state index in [2.05, 4.69) is 11.4 Å². The number of carbonyl (C=O) groups is 1. The number of benzene rings is 2. The van der Waals surface area contributed by atoms with Crippen LogP contribution in [-0.2, 0) is 14.8 Å². The first-order chi connectivity index (χ1) is 13.2. The molecule has 3 rings (SSSR count). The van der Waals surface area contributed by atoms with Crippen LogP contribution >= 0.6 is 11.6 Å². The maximum absolute atomic E-state index is 13.0. The summed E-state index contributed by atoms with van der Waals surface area (Å²) in [5, 5.41) is 3.45. The van der Waals surface area contributed by atoms with E-state index >= 15 is 0 Å². The van der Waals surface area contributed by atoms with E-state index in [1.807, 2.05) is 32.9 Å². The molecule has 2 atom stereocenters. The fraction of sp³-hybridized carbons (Fsp3) is 0.381. The summed E-state index contributed by atoms with van der Waals surface area (Å²) < 4.78 is 27.3. The number of amides is 1. The summed E-state index contributed by atoms with van der Waals surface area (Å²) in [6.07, 6.45) is 1.17. The number of nitrogens with one attached hydrogen (secondary N) is 1. The zero-order valence-corrected chi connectivity index (χ0v) is 17.8. The van der Waals surface area contributed by atoms with Gasteiger partial charge in [0, 0.05) is 11.6 Å². The minimum absolute atomic E-state index is 0.152. The van der Waals surface area contributed by atoms with Crippen molar-refractivity contribution in [3.63, 3.8) is 0 Å². The standard InChI is InChI=1S/C21H25ClN2O3S/c1-14-6-7-17(13-15(14)2)16(3)23-21(25)20-5-4-12-24(20)28(26,27)19-10-8-18(22)9-11-19/h6-11,13,16,20H,4-5,12H2,1-3H3,(H,23,25). The highest BCUT2D eigenvalue weighted by atomic mass is 35.5. The molecule has 1 fully saturated rings. The van der Waals surface area contributed by atoms with Gasteiger partial charge >= 0.3 is 0 Å². The van der Waals surface area contributed by atoms with Crippen molar-refractivity contribution < 1.29 is 13.2 Å². The fourth-order valence-electron chi connectivity index (χ4n) is 3.46. The Morgan fingerprint density at radius 1 is 1.14 bits per heavy atom. The Kier molecular flexibility index (Phi) is 6.12. The Bertz CT molecular complexity index is 974. The van der Waals surface area contributed by atoms with Gasteiger partial charge in [0.25, 0.3) is 0 Å². The first-order valence-corrected chi connectivity index (χ1v) is 11.2. The molecular formula is C21H25ClN2O3S. The number of halogens is 1.